The number of likely N-dealkylation sites (tertiary alicyclic amines) is 1. The molecule has 2 saturated heterocycles. The number of ether oxygens (including phenoxy) is 1. The molecule has 0 spiro atoms. The van der Waals surface area contributed by atoms with E-state index in [0.717, 1.165) is 19.4 Å². The Morgan fingerprint density at radius 1 is 1.43 bits per heavy atom. The molecule has 0 aliphatic carbocycles. The molecule has 6 heteroatoms. The van der Waals surface area contributed by atoms with E-state index in [2.05, 4.69) is 22.1 Å². The number of nitrogens with one attached hydrogen (secondary N) is 2. The van der Waals surface area contributed by atoms with Gasteiger partial charge in [-0.25, -0.2) is 0 Å². The number of likely N-dealkylation sites (N-methyl/N-ethyl adjacent to an activating group) is 1. The van der Waals surface area contributed by atoms with Crippen molar-refractivity contribution in [1.82, 2.24) is 15.5 Å². The molecule has 2 fully saturated rings. The van der Waals surface area contributed by atoms with Gasteiger partial charge in [-0.3, -0.25) is 14.5 Å². The van der Waals surface area contributed by atoms with Crippen molar-refractivity contribution in [1.29, 1.82) is 0 Å². The maximum absolute atomic E-state index is 12.5. The lowest BCUT2D eigenvalue weighted by Gasteiger charge is -2.45. The molecular weight excluding hydrogens is 270 g/mol. The number of carbonyl (C=O) groups excluding carboxylic acids is 2. The summed E-state index contributed by atoms with van der Waals surface area (Å²) in [5.74, 6) is -0.0172. The Hall–Kier alpha value is -1.40. The molecule has 2 rings (SSSR count). The lowest BCUT2D eigenvalue weighted by molar-refractivity contribution is -0.144. The van der Waals surface area contributed by atoms with Gasteiger partial charge < -0.3 is 15.4 Å². The van der Waals surface area contributed by atoms with Crippen molar-refractivity contribution in [2.75, 3.05) is 33.4 Å². The number of carbonyl (C=O) groups is 2. The summed E-state index contributed by atoms with van der Waals surface area (Å²) >= 11 is 0. The number of hydrogen-bond donors (Lipinski definition) is 2. The van der Waals surface area contributed by atoms with Gasteiger partial charge in [-0.2, -0.15) is 0 Å². The Balaban J connectivity index is 2.19. The molecule has 0 unspecified atom stereocenters. The van der Waals surface area contributed by atoms with Gasteiger partial charge in [0.05, 0.1) is 6.04 Å². The predicted molar refractivity (Wildman–Crippen MR) is 79.8 cm³/mol. The minimum absolute atomic E-state index is 0.00535. The molecule has 0 aromatic carbocycles. The van der Waals surface area contributed by atoms with Gasteiger partial charge in [-0.1, -0.05) is 6.08 Å². The van der Waals surface area contributed by atoms with Crippen molar-refractivity contribution < 1.29 is 14.3 Å². The Morgan fingerprint density at radius 3 is 2.76 bits per heavy atom. The highest BCUT2D eigenvalue weighted by Crippen LogP contribution is 2.35. The van der Waals surface area contributed by atoms with Crippen LogP contribution in [-0.2, 0) is 14.3 Å². The molecule has 0 radical (unpaired) electrons. The van der Waals surface area contributed by atoms with Gasteiger partial charge in [0.25, 0.3) is 0 Å². The van der Waals surface area contributed by atoms with Gasteiger partial charge in [-0.05, 0) is 25.7 Å². The van der Waals surface area contributed by atoms with Crippen LogP contribution < -0.4 is 10.6 Å². The highest BCUT2D eigenvalue weighted by Gasteiger charge is 2.50. The van der Waals surface area contributed by atoms with E-state index in [9.17, 15) is 9.59 Å². The fraction of sp³-hybridized carbons (Fsp3) is 0.733. The van der Waals surface area contributed by atoms with E-state index in [1.54, 1.807) is 13.1 Å². The second kappa shape index (κ2) is 7.04. The van der Waals surface area contributed by atoms with Crippen molar-refractivity contribution in [3.63, 3.8) is 0 Å². The van der Waals surface area contributed by atoms with Gasteiger partial charge in [0.1, 0.15) is 5.54 Å². The van der Waals surface area contributed by atoms with Crippen molar-refractivity contribution >= 4 is 11.8 Å². The summed E-state index contributed by atoms with van der Waals surface area (Å²) in [6, 6.07) is -0.236. The first-order valence-corrected chi connectivity index (χ1v) is 7.61. The molecule has 2 amide bonds. The van der Waals surface area contributed by atoms with E-state index in [1.807, 2.05) is 0 Å². The van der Waals surface area contributed by atoms with Crippen LogP contribution in [0.3, 0.4) is 0 Å². The molecule has 0 aromatic rings. The zero-order valence-electron chi connectivity index (χ0n) is 12.7. The first-order chi connectivity index (χ1) is 10.2. The Labute approximate surface area is 125 Å². The van der Waals surface area contributed by atoms with E-state index in [4.69, 9.17) is 4.74 Å². The number of hydrogen-bond acceptors (Lipinski definition) is 4. The zero-order chi connectivity index (χ0) is 15.3. The van der Waals surface area contributed by atoms with Crippen LogP contribution in [0.5, 0.6) is 0 Å². The Bertz CT molecular complexity index is 405. The summed E-state index contributed by atoms with van der Waals surface area (Å²) in [5, 5.41) is 5.63. The minimum Gasteiger partial charge on any atom is -0.381 e. The van der Waals surface area contributed by atoms with Crippen LogP contribution in [0.4, 0.5) is 0 Å². The highest BCUT2D eigenvalue weighted by atomic mass is 16.5. The lowest BCUT2D eigenvalue weighted by atomic mass is 9.86. The fourth-order valence-corrected chi connectivity index (χ4v) is 3.43. The monoisotopic (exact) mass is 295 g/mol. The summed E-state index contributed by atoms with van der Waals surface area (Å²) < 4.78 is 5.42. The van der Waals surface area contributed by atoms with Gasteiger partial charge in [-0.15, -0.1) is 6.58 Å². The van der Waals surface area contributed by atoms with Crippen molar-refractivity contribution in [3.8, 4) is 0 Å². The van der Waals surface area contributed by atoms with Crippen molar-refractivity contribution in [2.45, 2.75) is 37.3 Å². The maximum Gasteiger partial charge on any atom is 0.240 e. The predicted octanol–water partition coefficient (Wildman–Crippen LogP) is 0.0482. The van der Waals surface area contributed by atoms with Crippen LogP contribution in [-0.4, -0.2) is 61.6 Å². The summed E-state index contributed by atoms with van der Waals surface area (Å²) in [5.41, 5.74) is -0.611. The summed E-state index contributed by atoms with van der Waals surface area (Å²) in [4.78, 5) is 26.9. The fourth-order valence-electron chi connectivity index (χ4n) is 3.43. The average Bonchev–Trinajstić information content (AvgIpc) is 3.02. The van der Waals surface area contributed by atoms with Crippen LogP contribution in [0.2, 0.25) is 0 Å². The van der Waals surface area contributed by atoms with Crippen LogP contribution in [0.15, 0.2) is 12.7 Å². The van der Waals surface area contributed by atoms with Gasteiger partial charge in [0, 0.05) is 33.4 Å². The molecule has 0 aromatic heterocycles. The van der Waals surface area contributed by atoms with E-state index in [0.29, 0.717) is 32.6 Å². The Morgan fingerprint density at radius 2 is 2.14 bits per heavy atom. The molecule has 2 aliphatic rings. The molecule has 2 heterocycles. The number of amides is 2. The highest BCUT2D eigenvalue weighted by molar-refractivity contribution is 5.88. The van der Waals surface area contributed by atoms with Crippen LogP contribution >= 0.6 is 0 Å². The quantitative estimate of drug-likeness (QED) is 0.703. The molecule has 2 aliphatic heterocycles. The third-order valence-electron chi connectivity index (χ3n) is 4.50. The van der Waals surface area contributed by atoms with Crippen LogP contribution in [0.1, 0.15) is 25.7 Å². The summed E-state index contributed by atoms with van der Waals surface area (Å²) in [6.45, 7) is 5.97. The van der Waals surface area contributed by atoms with E-state index < -0.39 is 5.54 Å². The first kappa shape index (κ1) is 16.0. The topological polar surface area (TPSA) is 70.7 Å². The number of nitrogens with zero attached hydrogens (tertiary/aromatic N) is 1. The molecule has 1 atom stereocenters. The molecule has 2 N–H and O–H groups in total. The molecular formula is C15H25N3O3. The molecule has 0 saturated carbocycles. The molecule has 21 heavy (non-hydrogen) atoms. The van der Waals surface area contributed by atoms with Crippen LogP contribution in [0, 0.1) is 0 Å². The second-order valence-corrected chi connectivity index (χ2v) is 5.61. The van der Waals surface area contributed by atoms with Crippen molar-refractivity contribution in [3.05, 3.63) is 12.7 Å². The van der Waals surface area contributed by atoms with Gasteiger partial charge in [0.2, 0.25) is 11.8 Å². The minimum atomic E-state index is -0.611. The molecule has 0 bridgehead atoms. The van der Waals surface area contributed by atoms with Gasteiger partial charge in [0.15, 0.2) is 0 Å². The van der Waals surface area contributed by atoms with Crippen LogP contribution in [0.25, 0.3) is 0 Å². The number of rotatable bonds is 5. The zero-order valence-corrected chi connectivity index (χ0v) is 12.7. The smallest absolute Gasteiger partial charge is 0.240 e. The van der Waals surface area contributed by atoms with E-state index >= 15 is 0 Å². The lowest BCUT2D eigenvalue weighted by Crippen LogP contribution is -2.64. The third kappa shape index (κ3) is 3.11. The molecule has 118 valence electrons. The SMILES string of the molecule is C=CCNC(=O)[C@@H]1CCCN1C1(C(=O)NC)CCOCC1. The average molecular weight is 295 g/mol. The van der Waals surface area contributed by atoms with Crippen molar-refractivity contribution in [2.24, 2.45) is 0 Å². The summed E-state index contributed by atoms with van der Waals surface area (Å²) in [7, 11) is 1.66. The summed E-state index contributed by atoms with van der Waals surface area (Å²) in [6.07, 6.45) is 4.67. The second-order valence-electron chi connectivity index (χ2n) is 5.61. The van der Waals surface area contributed by atoms with Gasteiger partial charge >= 0.3 is 0 Å². The molecule has 6 nitrogen and oxygen atoms in total. The normalized spacial score (nSPS) is 25.3. The standard InChI is InChI=1S/C15H25N3O3/c1-3-8-17-13(19)12-5-4-9-18(12)15(14(20)16-2)6-10-21-11-7-15/h3,12H,1,4-11H2,2H3,(H,16,20)(H,17,19)/t12-/m0/s1. The third-order valence-corrected chi connectivity index (χ3v) is 4.50. The first-order valence-electron chi connectivity index (χ1n) is 7.61. The van der Waals surface area contributed by atoms with E-state index in [-0.39, 0.29) is 17.9 Å². The largest absolute Gasteiger partial charge is 0.381 e. The Kier molecular flexibility index (Phi) is 5.36. The van der Waals surface area contributed by atoms with E-state index in [1.165, 1.54) is 0 Å². The maximum atomic E-state index is 12.5.